The van der Waals surface area contributed by atoms with Crippen molar-refractivity contribution < 1.29 is 18.7 Å². The fourth-order valence-electron chi connectivity index (χ4n) is 3.65. The summed E-state index contributed by atoms with van der Waals surface area (Å²) < 4.78 is 16.6. The molecule has 1 fully saturated rings. The quantitative estimate of drug-likeness (QED) is 0.621. The minimum Gasteiger partial charge on any atom is -0.497 e. The van der Waals surface area contributed by atoms with Crippen molar-refractivity contribution >= 4 is 16.7 Å². The van der Waals surface area contributed by atoms with E-state index in [9.17, 15) is 4.79 Å². The molecule has 29 heavy (non-hydrogen) atoms. The number of hydrogen-bond donors (Lipinski definition) is 0. The van der Waals surface area contributed by atoms with Crippen LogP contribution in [0.3, 0.4) is 0 Å². The lowest BCUT2D eigenvalue weighted by atomic mass is 10.1. The average molecular weight is 394 g/mol. The summed E-state index contributed by atoms with van der Waals surface area (Å²) in [6.07, 6.45) is 7.15. The molecule has 152 valence electrons. The predicted octanol–water partition coefficient (Wildman–Crippen LogP) is 4.82. The Bertz CT molecular complexity index is 974. The Morgan fingerprint density at radius 3 is 2.45 bits per heavy atom. The van der Waals surface area contributed by atoms with E-state index in [4.69, 9.17) is 13.9 Å². The Hall–Kier alpha value is -3.02. The van der Waals surface area contributed by atoms with Gasteiger partial charge in [0.15, 0.2) is 12.3 Å². The van der Waals surface area contributed by atoms with Gasteiger partial charge >= 0.3 is 0 Å². The van der Waals surface area contributed by atoms with Gasteiger partial charge < -0.3 is 18.8 Å². The van der Waals surface area contributed by atoms with E-state index in [-0.39, 0.29) is 12.5 Å². The normalized spacial score (nSPS) is 15.0. The molecular weight excluding hydrogens is 368 g/mol. The van der Waals surface area contributed by atoms with E-state index in [1.54, 1.807) is 7.11 Å². The van der Waals surface area contributed by atoms with Crippen molar-refractivity contribution in [3.63, 3.8) is 0 Å². The summed E-state index contributed by atoms with van der Waals surface area (Å²) in [5.41, 5.74) is 0.354. The molecule has 1 aliphatic heterocycles. The molecule has 3 aromatic rings. The number of rotatable bonds is 5. The molecular formula is C23H26N2O4. The third-order valence-corrected chi connectivity index (χ3v) is 5.30. The fraction of sp³-hybridized carbons (Fsp3) is 0.391. The van der Waals surface area contributed by atoms with Crippen molar-refractivity contribution in [2.75, 3.05) is 20.2 Å². The smallest absolute Gasteiger partial charge is 0.275 e. The Morgan fingerprint density at radius 2 is 1.69 bits per heavy atom. The molecule has 2 aromatic carbocycles. The maximum absolute atomic E-state index is 12.7. The molecule has 2 heterocycles. The molecule has 6 heteroatoms. The first-order valence-corrected chi connectivity index (χ1v) is 10.2. The van der Waals surface area contributed by atoms with Gasteiger partial charge in [0.2, 0.25) is 5.89 Å². The zero-order chi connectivity index (χ0) is 20.1. The van der Waals surface area contributed by atoms with Crippen LogP contribution in [0.2, 0.25) is 0 Å². The first kappa shape index (κ1) is 19.3. The molecule has 0 saturated carbocycles. The Balaban J connectivity index is 1.40. The lowest BCUT2D eigenvalue weighted by Gasteiger charge is -2.23. The lowest BCUT2D eigenvalue weighted by molar-refractivity contribution is 0.0736. The summed E-state index contributed by atoms with van der Waals surface area (Å²) >= 11 is 0. The highest BCUT2D eigenvalue weighted by Gasteiger charge is 2.20. The number of ether oxygens (including phenoxy) is 2. The molecule has 0 aliphatic carbocycles. The van der Waals surface area contributed by atoms with Crippen molar-refractivity contribution in [2.24, 2.45) is 0 Å². The number of aromatic nitrogens is 1. The van der Waals surface area contributed by atoms with E-state index in [0.29, 0.717) is 17.3 Å². The zero-order valence-corrected chi connectivity index (χ0v) is 16.7. The lowest BCUT2D eigenvalue weighted by Crippen LogP contribution is -2.34. The minimum atomic E-state index is -0.0558. The van der Waals surface area contributed by atoms with Gasteiger partial charge in [-0.15, -0.1) is 0 Å². The van der Waals surface area contributed by atoms with E-state index in [1.807, 2.05) is 41.3 Å². The van der Waals surface area contributed by atoms with Crippen LogP contribution in [-0.2, 0) is 6.61 Å². The van der Waals surface area contributed by atoms with Crippen LogP contribution in [0.4, 0.5) is 0 Å². The summed E-state index contributed by atoms with van der Waals surface area (Å²) in [6.45, 7) is 1.75. The summed E-state index contributed by atoms with van der Waals surface area (Å²) in [4.78, 5) is 18.9. The van der Waals surface area contributed by atoms with Gasteiger partial charge in [0.25, 0.3) is 5.91 Å². The maximum Gasteiger partial charge on any atom is 0.275 e. The highest BCUT2D eigenvalue weighted by Crippen LogP contribution is 2.25. The molecule has 0 spiro atoms. The fourth-order valence-corrected chi connectivity index (χ4v) is 3.65. The summed E-state index contributed by atoms with van der Waals surface area (Å²) in [5.74, 6) is 1.85. The first-order chi connectivity index (χ1) is 14.2. The monoisotopic (exact) mass is 394 g/mol. The Labute approximate surface area is 170 Å². The van der Waals surface area contributed by atoms with Crippen molar-refractivity contribution in [2.45, 2.75) is 38.7 Å². The highest BCUT2D eigenvalue weighted by atomic mass is 16.5. The molecule has 0 atom stereocenters. The van der Waals surface area contributed by atoms with Gasteiger partial charge in [-0.05, 0) is 47.9 Å². The number of nitrogens with zero attached hydrogens (tertiary/aromatic N) is 2. The van der Waals surface area contributed by atoms with Crippen LogP contribution in [0.1, 0.15) is 48.5 Å². The van der Waals surface area contributed by atoms with Gasteiger partial charge in [-0.25, -0.2) is 4.98 Å². The number of carbonyl (C=O) groups is 1. The average Bonchev–Trinajstić information content (AvgIpc) is 3.20. The van der Waals surface area contributed by atoms with Crippen molar-refractivity contribution in [1.29, 1.82) is 0 Å². The number of carbonyl (C=O) groups excluding carboxylic acids is 1. The molecule has 1 aliphatic rings. The van der Waals surface area contributed by atoms with Gasteiger partial charge in [0, 0.05) is 13.1 Å². The van der Waals surface area contributed by atoms with E-state index in [2.05, 4.69) is 4.98 Å². The molecule has 1 saturated heterocycles. The van der Waals surface area contributed by atoms with Crippen molar-refractivity contribution in [1.82, 2.24) is 9.88 Å². The zero-order valence-electron chi connectivity index (χ0n) is 16.7. The van der Waals surface area contributed by atoms with E-state index < -0.39 is 0 Å². The number of fused-ring (bicyclic) bond motifs is 1. The Morgan fingerprint density at radius 1 is 1.00 bits per heavy atom. The standard InChI is InChI=1S/C23H26N2O4/c1-27-19-9-7-17-8-10-20(14-18(17)13-19)28-16-22-24-21(15-29-22)23(26)25-11-5-3-2-4-6-12-25/h7-10,13-15H,2-6,11-12,16H2,1H3. The molecule has 4 rings (SSSR count). The molecule has 1 aromatic heterocycles. The molecule has 6 nitrogen and oxygen atoms in total. The van der Waals surface area contributed by atoms with Crippen LogP contribution >= 0.6 is 0 Å². The van der Waals surface area contributed by atoms with Crippen LogP contribution < -0.4 is 9.47 Å². The van der Waals surface area contributed by atoms with Gasteiger partial charge in [0.1, 0.15) is 17.8 Å². The van der Waals surface area contributed by atoms with Gasteiger partial charge in [-0.3, -0.25) is 4.79 Å². The van der Waals surface area contributed by atoms with Gasteiger partial charge in [0.05, 0.1) is 7.11 Å². The van der Waals surface area contributed by atoms with Crippen LogP contribution in [-0.4, -0.2) is 36.0 Å². The molecule has 0 radical (unpaired) electrons. The van der Waals surface area contributed by atoms with E-state index in [1.165, 1.54) is 25.5 Å². The summed E-state index contributed by atoms with van der Waals surface area (Å²) in [5, 5.41) is 2.14. The molecule has 1 amide bonds. The number of methoxy groups -OCH3 is 1. The number of benzene rings is 2. The Kier molecular flexibility index (Phi) is 5.98. The molecule has 0 bridgehead atoms. The third kappa shape index (κ3) is 4.70. The predicted molar refractivity (Wildman–Crippen MR) is 110 cm³/mol. The van der Waals surface area contributed by atoms with Gasteiger partial charge in [-0.2, -0.15) is 0 Å². The van der Waals surface area contributed by atoms with Crippen LogP contribution in [0.25, 0.3) is 10.8 Å². The van der Waals surface area contributed by atoms with Crippen LogP contribution in [0.5, 0.6) is 11.5 Å². The van der Waals surface area contributed by atoms with E-state index >= 15 is 0 Å². The second-order valence-corrected chi connectivity index (χ2v) is 7.35. The first-order valence-electron chi connectivity index (χ1n) is 10.2. The highest BCUT2D eigenvalue weighted by molar-refractivity contribution is 5.92. The van der Waals surface area contributed by atoms with E-state index in [0.717, 1.165) is 42.5 Å². The second-order valence-electron chi connectivity index (χ2n) is 7.35. The minimum absolute atomic E-state index is 0.0558. The molecule has 0 unspecified atom stereocenters. The van der Waals surface area contributed by atoms with Crippen molar-refractivity contribution in [3.8, 4) is 11.5 Å². The number of oxazole rings is 1. The van der Waals surface area contributed by atoms with Crippen LogP contribution in [0.15, 0.2) is 47.1 Å². The summed E-state index contributed by atoms with van der Waals surface area (Å²) in [7, 11) is 1.65. The third-order valence-electron chi connectivity index (χ3n) is 5.30. The number of amides is 1. The summed E-state index contributed by atoms with van der Waals surface area (Å²) in [6, 6.07) is 11.8. The maximum atomic E-state index is 12.7. The second kappa shape index (κ2) is 8.99. The topological polar surface area (TPSA) is 64.8 Å². The van der Waals surface area contributed by atoms with Crippen molar-refractivity contribution in [3.05, 3.63) is 54.2 Å². The molecule has 0 N–H and O–H groups in total. The van der Waals surface area contributed by atoms with Crippen LogP contribution in [0, 0.1) is 0 Å². The van der Waals surface area contributed by atoms with Gasteiger partial charge in [-0.1, -0.05) is 31.4 Å². The number of hydrogen-bond acceptors (Lipinski definition) is 5. The largest absolute Gasteiger partial charge is 0.497 e. The number of likely N-dealkylation sites (tertiary alicyclic amines) is 1. The SMILES string of the molecule is COc1ccc2ccc(OCc3nc(C(=O)N4CCCCCCC4)co3)cc2c1.